The van der Waals surface area contributed by atoms with Gasteiger partial charge in [-0.25, -0.2) is 0 Å². The van der Waals surface area contributed by atoms with E-state index < -0.39 is 18.6 Å². The van der Waals surface area contributed by atoms with Crippen LogP contribution in [0.25, 0.3) is 0 Å². The first-order chi connectivity index (χ1) is 8.81. The lowest BCUT2D eigenvalue weighted by atomic mass is 9.97. The van der Waals surface area contributed by atoms with Crippen molar-refractivity contribution in [2.24, 2.45) is 0 Å². The number of aryl methyl sites for hydroxylation is 2. The van der Waals surface area contributed by atoms with E-state index in [1.807, 2.05) is 39.0 Å². The highest BCUT2D eigenvalue weighted by atomic mass is 19.4. The van der Waals surface area contributed by atoms with Crippen LogP contribution in [0.4, 0.5) is 13.2 Å². The van der Waals surface area contributed by atoms with E-state index in [0.717, 1.165) is 23.1 Å². The summed E-state index contributed by atoms with van der Waals surface area (Å²) in [5.74, 6) is 0. The zero-order valence-electron chi connectivity index (χ0n) is 11.8. The van der Waals surface area contributed by atoms with Gasteiger partial charge in [-0.1, -0.05) is 30.7 Å². The van der Waals surface area contributed by atoms with Crippen molar-refractivity contribution in [2.45, 2.75) is 52.3 Å². The Kier molecular flexibility index (Phi) is 5.85. The third-order valence-electron chi connectivity index (χ3n) is 3.13. The third kappa shape index (κ3) is 6.10. The maximum absolute atomic E-state index is 12.6. The summed E-state index contributed by atoms with van der Waals surface area (Å²) in [6.45, 7) is 6.47. The molecule has 1 rings (SSSR count). The highest BCUT2D eigenvalue weighted by Crippen LogP contribution is 2.24. The van der Waals surface area contributed by atoms with Crippen molar-refractivity contribution in [1.29, 1.82) is 0 Å². The zero-order valence-corrected chi connectivity index (χ0v) is 11.8. The number of rotatable bonds is 6. The molecule has 0 aliphatic rings. The summed E-state index contributed by atoms with van der Waals surface area (Å²) in [6.07, 6.45) is -3.64. The van der Waals surface area contributed by atoms with E-state index in [4.69, 9.17) is 0 Å². The molecule has 1 unspecified atom stereocenters. The van der Waals surface area contributed by atoms with E-state index in [-0.39, 0.29) is 0 Å². The van der Waals surface area contributed by atoms with Gasteiger partial charge in [-0.15, -0.1) is 0 Å². The predicted molar refractivity (Wildman–Crippen MR) is 72.4 cm³/mol. The highest BCUT2D eigenvalue weighted by molar-refractivity contribution is 5.31. The lowest BCUT2D eigenvalue weighted by molar-refractivity contribution is -0.139. The minimum absolute atomic E-state index is 0.424. The van der Waals surface area contributed by atoms with Crippen LogP contribution in [0, 0.1) is 13.8 Å². The first kappa shape index (κ1) is 16.0. The molecule has 0 fully saturated rings. The number of hydrogen-bond donors (Lipinski definition) is 1. The number of benzene rings is 1. The summed E-state index contributed by atoms with van der Waals surface area (Å²) in [5.41, 5.74) is 3.13. The third-order valence-corrected chi connectivity index (χ3v) is 3.13. The Morgan fingerprint density at radius 2 is 1.89 bits per heavy atom. The number of halogens is 3. The molecule has 1 aromatic carbocycles. The number of nitrogens with one attached hydrogen (secondary N) is 1. The van der Waals surface area contributed by atoms with Crippen LogP contribution in [0.2, 0.25) is 0 Å². The lowest BCUT2D eigenvalue weighted by Crippen LogP contribution is -2.36. The Labute approximate surface area is 113 Å². The van der Waals surface area contributed by atoms with Crippen LogP contribution in [0.1, 0.15) is 36.5 Å². The quantitative estimate of drug-likeness (QED) is 0.820. The van der Waals surface area contributed by atoms with Gasteiger partial charge in [0.25, 0.3) is 0 Å². The molecule has 0 radical (unpaired) electrons. The second-order valence-electron chi connectivity index (χ2n) is 5.10. The molecule has 0 aliphatic carbocycles. The second-order valence-corrected chi connectivity index (χ2v) is 5.10. The number of alkyl halides is 3. The lowest BCUT2D eigenvalue weighted by Gasteiger charge is -2.21. The Balaban J connectivity index is 2.78. The molecule has 0 saturated carbocycles. The molecule has 0 spiro atoms. The zero-order chi connectivity index (χ0) is 14.5. The van der Waals surface area contributed by atoms with Gasteiger partial charge in [-0.2, -0.15) is 13.2 Å². The van der Waals surface area contributed by atoms with Gasteiger partial charge >= 0.3 is 6.18 Å². The minimum Gasteiger partial charge on any atom is -0.313 e. The molecule has 1 atom stereocenters. The molecule has 1 aromatic rings. The Hall–Kier alpha value is -1.03. The molecule has 0 saturated heterocycles. The van der Waals surface area contributed by atoms with Crippen LogP contribution in [0.3, 0.4) is 0 Å². The molecule has 1 N–H and O–H groups in total. The van der Waals surface area contributed by atoms with Crippen molar-refractivity contribution in [3.8, 4) is 0 Å². The second kappa shape index (κ2) is 6.94. The normalized spacial score (nSPS) is 13.6. The molecular formula is C15H22F3N. The molecule has 0 aliphatic heterocycles. The van der Waals surface area contributed by atoms with Crippen molar-refractivity contribution in [2.75, 3.05) is 6.54 Å². The van der Waals surface area contributed by atoms with E-state index in [1.165, 1.54) is 0 Å². The maximum Gasteiger partial charge on any atom is 0.390 e. The fraction of sp³-hybridized carbons (Fsp3) is 0.600. The van der Waals surface area contributed by atoms with Crippen molar-refractivity contribution >= 4 is 0 Å². The molecule has 108 valence electrons. The summed E-state index contributed by atoms with van der Waals surface area (Å²) in [6, 6.07) is 5.39. The van der Waals surface area contributed by atoms with Crippen molar-refractivity contribution in [3.63, 3.8) is 0 Å². The Morgan fingerprint density at radius 1 is 1.21 bits per heavy atom. The van der Waals surface area contributed by atoms with Crippen molar-refractivity contribution in [3.05, 3.63) is 34.9 Å². The summed E-state index contributed by atoms with van der Waals surface area (Å²) < 4.78 is 37.7. The molecule has 0 aromatic heterocycles. The average Bonchev–Trinajstić information content (AvgIpc) is 2.29. The summed E-state index contributed by atoms with van der Waals surface area (Å²) in [4.78, 5) is 0. The molecule has 1 nitrogen and oxygen atoms in total. The van der Waals surface area contributed by atoms with Gasteiger partial charge in [0.2, 0.25) is 0 Å². The van der Waals surface area contributed by atoms with E-state index in [0.29, 0.717) is 13.0 Å². The monoisotopic (exact) mass is 273 g/mol. The van der Waals surface area contributed by atoms with Gasteiger partial charge in [0.05, 0.1) is 6.42 Å². The van der Waals surface area contributed by atoms with Gasteiger partial charge < -0.3 is 5.32 Å². The summed E-state index contributed by atoms with van der Waals surface area (Å²) >= 11 is 0. The topological polar surface area (TPSA) is 12.0 Å². The predicted octanol–water partition coefficient (Wildman–Crippen LogP) is 4.17. The van der Waals surface area contributed by atoms with E-state index in [2.05, 4.69) is 5.32 Å². The molecule has 0 bridgehead atoms. The fourth-order valence-electron chi connectivity index (χ4n) is 2.13. The first-order valence-corrected chi connectivity index (χ1v) is 6.68. The van der Waals surface area contributed by atoms with Crippen molar-refractivity contribution in [1.82, 2.24) is 5.32 Å². The Bertz CT molecular complexity index is 399. The van der Waals surface area contributed by atoms with E-state index >= 15 is 0 Å². The van der Waals surface area contributed by atoms with Gasteiger partial charge in [0.15, 0.2) is 0 Å². The van der Waals surface area contributed by atoms with Gasteiger partial charge in [0.1, 0.15) is 0 Å². The number of hydrogen-bond acceptors (Lipinski definition) is 1. The van der Waals surface area contributed by atoms with Crippen LogP contribution in [0.15, 0.2) is 18.2 Å². The van der Waals surface area contributed by atoms with Crippen LogP contribution in [0.5, 0.6) is 0 Å². The van der Waals surface area contributed by atoms with Gasteiger partial charge in [-0.3, -0.25) is 0 Å². The van der Waals surface area contributed by atoms with E-state index in [9.17, 15) is 13.2 Å². The van der Waals surface area contributed by atoms with Crippen LogP contribution in [-0.4, -0.2) is 18.8 Å². The maximum atomic E-state index is 12.6. The summed E-state index contributed by atoms with van der Waals surface area (Å²) in [5, 5.41) is 3.00. The van der Waals surface area contributed by atoms with Gasteiger partial charge in [-0.05, 0) is 44.4 Å². The molecule has 0 heterocycles. The largest absolute Gasteiger partial charge is 0.390 e. The minimum atomic E-state index is -4.12. The smallest absolute Gasteiger partial charge is 0.313 e. The SMILES string of the molecule is CCCNC(Cc1cc(C)ccc1C)CC(F)(F)F. The standard InChI is InChI=1S/C15H22F3N/c1-4-7-19-14(10-15(16,17)18)9-13-8-11(2)5-6-12(13)3/h5-6,8,14,19H,4,7,9-10H2,1-3H3. The van der Waals surface area contributed by atoms with Crippen LogP contribution >= 0.6 is 0 Å². The van der Waals surface area contributed by atoms with E-state index in [1.54, 1.807) is 0 Å². The van der Waals surface area contributed by atoms with Crippen molar-refractivity contribution < 1.29 is 13.2 Å². The summed E-state index contributed by atoms with van der Waals surface area (Å²) in [7, 11) is 0. The molecule has 4 heteroatoms. The first-order valence-electron chi connectivity index (χ1n) is 6.68. The Morgan fingerprint density at radius 3 is 2.47 bits per heavy atom. The fourth-order valence-corrected chi connectivity index (χ4v) is 2.13. The van der Waals surface area contributed by atoms with Gasteiger partial charge in [0, 0.05) is 6.04 Å². The molecule has 0 amide bonds. The van der Waals surface area contributed by atoms with Crippen LogP contribution < -0.4 is 5.32 Å². The average molecular weight is 273 g/mol. The molecular weight excluding hydrogens is 251 g/mol. The molecule has 19 heavy (non-hydrogen) atoms. The highest BCUT2D eigenvalue weighted by Gasteiger charge is 2.31. The van der Waals surface area contributed by atoms with Crippen LogP contribution in [-0.2, 0) is 6.42 Å².